The van der Waals surface area contributed by atoms with Crippen LogP contribution in [-0.2, 0) is 0 Å². The predicted octanol–water partition coefficient (Wildman–Crippen LogP) is 1.10. The van der Waals surface area contributed by atoms with Crippen LogP contribution in [0.4, 0.5) is 0 Å². The fraction of sp³-hybridized carbons (Fsp3) is 1.00. The first-order valence-electron chi connectivity index (χ1n) is 5.91. The number of likely N-dealkylation sites (tertiary alicyclic amines) is 1. The molecule has 1 heterocycles. The maximum absolute atomic E-state index is 9.78. The van der Waals surface area contributed by atoms with Crippen LogP contribution in [0.5, 0.6) is 0 Å². The van der Waals surface area contributed by atoms with Gasteiger partial charge in [0.25, 0.3) is 0 Å². The summed E-state index contributed by atoms with van der Waals surface area (Å²) in [7, 11) is 0. The molecule has 1 aliphatic rings. The number of rotatable bonds is 3. The lowest BCUT2D eigenvalue weighted by molar-refractivity contribution is -0.0140. The Bertz CT molecular complexity index is 204. The predicted molar refractivity (Wildman–Crippen MR) is 61.7 cm³/mol. The second-order valence-electron chi connectivity index (χ2n) is 5.73. The van der Waals surface area contributed by atoms with E-state index < -0.39 is 0 Å². The van der Waals surface area contributed by atoms with Gasteiger partial charge in [0.05, 0.1) is 12.2 Å². The molecule has 0 aliphatic carbocycles. The molecule has 3 nitrogen and oxygen atoms in total. The van der Waals surface area contributed by atoms with E-state index in [-0.39, 0.29) is 17.6 Å². The molecule has 0 spiro atoms. The molecule has 1 aliphatic heterocycles. The first-order chi connectivity index (χ1) is 6.83. The lowest BCUT2D eigenvalue weighted by atomic mass is 9.85. The Balaban J connectivity index is 2.46. The van der Waals surface area contributed by atoms with Gasteiger partial charge in [-0.2, -0.15) is 0 Å². The van der Waals surface area contributed by atoms with Crippen molar-refractivity contribution in [2.75, 3.05) is 19.6 Å². The Morgan fingerprint density at radius 2 is 2.07 bits per heavy atom. The topological polar surface area (TPSA) is 43.7 Å². The van der Waals surface area contributed by atoms with E-state index in [2.05, 4.69) is 25.7 Å². The second kappa shape index (κ2) is 4.81. The summed E-state index contributed by atoms with van der Waals surface area (Å²) in [5.41, 5.74) is -0.0969. The fourth-order valence-corrected chi connectivity index (χ4v) is 1.97. The highest BCUT2D eigenvalue weighted by Gasteiger charge is 2.31. The van der Waals surface area contributed by atoms with Gasteiger partial charge in [0.2, 0.25) is 0 Å². The van der Waals surface area contributed by atoms with Gasteiger partial charge in [-0.3, -0.25) is 0 Å². The molecule has 0 aromatic heterocycles. The van der Waals surface area contributed by atoms with Crippen molar-refractivity contribution in [3.8, 4) is 0 Å². The largest absolute Gasteiger partial charge is 0.393 e. The van der Waals surface area contributed by atoms with E-state index in [0.29, 0.717) is 5.92 Å². The zero-order valence-corrected chi connectivity index (χ0v) is 10.4. The van der Waals surface area contributed by atoms with E-state index in [1.165, 1.54) is 0 Å². The highest BCUT2D eigenvalue weighted by molar-refractivity contribution is 4.83. The smallest absolute Gasteiger partial charge is 0.0693 e. The van der Waals surface area contributed by atoms with Gasteiger partial charge in [0.15, 0.2) is 0 Å². The average molecular weight is 215 g/mol. The summed E-state index contributed by atoms with van der Waals surface area (Å²) >= 11 is 0. The summed E-state index contributed by atoms with van der Waals surface area (Å²) in [5.74, 6) is 0.413. The minimum Gasteiger partial charge on any atom is -0.393 e. The van der Waals surface area contributed by atoms with Crippen LogP contribution in [-0.4, -0.2) is 47.0 Å². The molecule has 0 aromatic carbocycles. The number of hydrogen-bond donors (Lipinski definition) is 2. The highest BCUT2D eigenvalue weighted by Crippen LogP contribution is 2.25. The van der Waals surface area contributed by atoms with Gasteiger partial charge >= 0.3 is 0 Å². The SMILES string of the molecule is CC1CCN(CC(C)(C)C(C)O)CC1O. The summed E-state index contributed by atoms with van der Waals surface area (Å²) in [6.07, 6.45) is 0.536. The van der Waals surface area contributed by atoms with Crippen LogP contribution in [0.1, 0.15) is 34.1 Å². The van der Waals surface area contributed by atoms with Crippen molar-refractivity contribution in [3.05, 3.63) is 0 Å². The zero-order valence-electron chi connectivity index (χ0n) is 10.4. The second-order valence-corrected chi connectivity index (χ2v) is 5.73. The van der Waals surface area contributed by atoms with Crippen LogP contribution in [0, 0.1) is 11.3 Å². The van der Waals surface area contributed by atoms with Gasteiger partial charge in [-0.05, 0) is 25.8 Å². The number of hydrogen-bond acceptors (Lipinski definition) is 3. The van der Waals surface area contributed by atoms with E-state index in [1.54, 1.807) is 0 Å². The molecule has 0 saturated carbocycles. The van der Waals surface area contributed by atoms with E-state index in [9.17, 15) is 10.2 Å². The van der Waals surface area contributed by atoms with E-state index in [4.69, 9.17) is 0 Å². The lowest BCUT2D eigenvalue weighted by Gasteiger charge is -2.40. The molecule has 0 bridgehead atoms. The zero-order chi connectivity index (χ0) is 11.6. The van der Waals surface area contributed by atoms with E-state index in [0.717, 1.165) is 26.1 Å². The molecule has 15 heavy (non-hydrogen) atoms. The lowest BCUT2D eigenvalue weighted by Crippen LogP contribution is -2.48. The summed E-state index contributed by atoms with van der Waals surface area (Å²) in [4.78, 5) is 2.26. The van der Waals surface area contributed by atoms with Crippen LogP contribution in [0.3, 0.4) is 0 Å². The van der Waals surface area contributed by atoms with Crippen molar-refractivity contribution >= 4 is 0 Å². The minimum atomic E-state index is -0.311. The summed E-state index contributed by atoms with van der Waals surface area (Å²) in [6, 6.07) is 0. The monoisotopic (exact) mass is 215 g/mol. The Morgan fingerprint density at radius 3 is 2.53 bits per heavy atom. The Labute approximate surface area is 93.1 Å². The van der Waals surface area contributed by atoms with Crippen LogP contribution < -0.4 is 0 Å². The van der Waals surface area contributed by atoms with Crippen LogP contribution in [0.25, 0.3) is 0 Å². The normalized spacial score (nSPS) is 31.6. The first-order valence-corrected chi connectivity index (χ1v) is 5.91. The van der Waals surface area contributed by atoms with Crippen molar-refractivity contribution in [3.63, 3.8) is 0 Å². The van der Waals surface area contributed by atoms with Crippen molar-refractivity contribution in [1.82, 2.24) is 4.90 Å². The molecule has 2 N–H and O–H groups in total. The van der Waals surface area contributed by atoms with Gasteiger partial charge in [-0.15, -0.1) is 0 Å². The number of nitrogens with zero attached hydrogens (tertiary/aromatic N) is 1. The quantitative estimate of drug-likeness (QED) is 0.741. The molecule has 1 rings (SSSR count). The van der Waals surface area contributed by atoms with Crippen molar-refractivity contribution in [2.24, 2.45) is 11.3 Å². The van der Waals surface area contributed by atoms with Gasteiger partial charge in [0.1, 0.15) is 0 Å². The third-order valence-corrected chi connectivity index (χ3v) is 3.76. The fourth-order valence-electron chi connectivity index (χ4n) is 1.97. The Morgan fingerprint density at radius 1 is 1.47 bits per heavy atom. The molecule has 3 heteroatoms. The van der Waals surface area contributed by atoms with Crippen LogP contribution >= 0.6 is 0 Å². The maximum atomic E-state index is 9.78. The van der Waals surface area contributed by atoms with Crippen molar-refractivity contribution in [2.45, 2.75) is 46.3 Å². The molecule has 1 saturated heterocycles. The summed E-state index contributed by atoms with van der Waals surface area (Å²) < 4.78 is 0. The first kappa shape index (κ1) is 12.9. The van der Waals surface area contributed by atoms with Crippen molar-refractivity contribution < 1.29 is 10.2 Å². The third kappa shape index (κ3) is 3.44. The maximum Gasteiger partial charge on any atom is 0.0693 e. The molecule has 3 atom stereocenters. The third-order valence-electron chi connectivity index (χ3n) is 3.76. The molecule has 1 fully saturated rings. The molecule has 0 aromatic rings. The van der Waals surface area contributed by atoms with Crippen LogP contribution in [0.15, 0.2) is 0 Å². The number of aliphatic hydroxyl groups excluding tert-OH is 2. The minimum absolute atomic E-state index is 0.0969. The number of aliphatic hydroxyl groups is 2. The van der Waals surface area contributed by atoms with E-state index >= 15 is 0 Å². The molecule has 90 valence electrons. The molecule has 3 unspecified atom stereocenters. The van der Waals surface area contributed by atoms with Gasteiger partial charge < -0.3 is 15.1 Å². The summed E-state index contributed by atoms with van der Waals surface area (Å²) in [5, 5.41) is 19.4. The summed E-state index contributed by atoms with van der Waals surface area (Å²) in [6.45, 7) is 10.7. The van der Waals surface area contributed by atoms with Gasteiger partial charge in [0, 0.05) is 18.5 Å². The molecular formula is C12H25NO2. The molecule has 0 amide bonds. The van der Waals surface area contributed by atoms with Gasteiger partial charge in [-0.1, -0.05) is 20.8 Å². The molecule has 0 radical (unpaired) electrons. The van der Waals surface area contributed by atoms with Gasteiger partial charge in [-0.25, -0.2) is 0 Å². The Hall–Kier alpha value is -0.120. The Kier molecular flexibility index (Phi) is 4.15. The highest BCUT2D eigenvalue weighted by atomic mass is 16.3. The average Bonchev–Trinajstić information content (AvgIpc) is 2.10. The van der Waals surface area contributed by atoms with Crippen molar-refractivity contribution in [1.29, 1.82) is 0 Å². The van der Waals surface area contributed by atoms with Crippen LogP contribution in [0.2, 0.25) is 0 Å². The van der Waals surface area contributed by atoms with E-state index in [1.807, 2.05) is 6.92 Å². The number of β-amino-alcohol motifs (C(OH)–C–C–N with tert-alkyl or cyclic N) is 1. The number of piperidine rings is 1. The molecular weight excluding hydrogens is 190 g/mol. The standard InChI is InChI=1S/C12H25NO2/c1-9-5-6-13(7-11(9)15)8-12(3,4)10(2)14/h9-11,14-15H,5-8H2,1-4H3.